The van der Waals surface area contributed by atoms with Crippen LogP contribution in [0.3, 0.4) is 0 Å². The molecular weight excluding hydrogens is 192 g/mol. The first-order valence-corrected chi connectivity index (χ1v) is 3.36. The van der Waals surface area contributed by atoms with E-state index in [4.69, 9.17) is 5.73 Å². The molecule has 2 N–H and O–H groups in total. The highest BCUT2D eigenvalue weighted by Crippen LogP contribution is 1.99. The van der Waals surface area contributed by atoms with Crippen LogP contribution >= 0.6 is 12.4 Å². The number of nitrogens with zero attached hydrogens (tertiary/aromatic N) is 3. The van der Waals surface area contributed by atoms with E-state index in [0.717, 1.165) is 0 Å². The van der Waals surface area contributed by atoms with Gasteiger partial charge < -0.3 is 10.1 Å². The van der Waals surface area contributed by atoms with Crippen molar-refractivity contribution in [1.82, 2.24) is 14.4 Å². The Morgan fingerprint density at radius 2 is 2.23 bits per heavy atom. The van der Waals surface area contributed by atoms with Crippen molar-refractivity contribution in [3.63, 3.8) is 0 Å². The van der Waals surface area contributed by atoms with Crippen LogP contribution in [0.1, 0.15) is 10.5 Å². The van der Waals surface area contributed by atoms with E-state index in [0.29, 0.717) is 5.65 Å². The molecule has 5 nitrogen and oxygen atoms in total. The van der Waals surface area contributed by atoms with E-state index in [9.17, 15) is 4.79 Å². The second-order valence-corrected chi connectivity index (χ2v) is 2.33. The summed E-state index contributed by atoms with van der Waals surface area (Å²) < 4.78 is 1.69. The number of amides is 1. The van der Waals surface area contributed by atoms with Crippen molar-refractivity contribution in [3.8, 4) is 0 Å². The molecule has 0 aliphatic heterocycles. The van der Waals surface area contributed by atoms with E-state index in [1.165, 1.54) is 6.20 Å². The highest BCUT2D eigenvalue weighted by Gasteiger charge is 2.02. The zero-order valence-electron chi connectivity index (χ0n) is 6.54. The van der Waals surface area contributed by atoms with Crippen molar-refractivity contribution in [2.45, 2.75) is 0 Å². The summed E-state index contributed by atoms with van der Waals surface area (Å²) in [5.41, 5.74) is 5.97. The summed E-state index contributed by atoms with van der Waals surface area (Å²) in [5, 5.41) is 0. The summed E-state index contributed by atoms with van der Waals surface area (Å²) in [5.74, 6) is -0.536. The maximum atomic E-state index is 10.7. The predicted octanol–water partition coefficient (Wildman–Crippen LogP) is 0.250. The zero-order chi connectivity index (χ0) is 8.55. The number of imidazole rings is 1. The SMILES string of the molecule is Cl.NC(=O)c1cn2ccnc2cn1. The van der Waals surface area contributed by atoms with Gasteiger partial charge in [0, 0.05) is 18.6 Å². The molecule has 2 rings (SSSR count). The minimum atomic E-state index is -0.536. The molecule has 0 radical (unpaired) electrons. The summed E-state index contributed by atoms with van der Waals surface area (Å²) in [6.45, 7) is 0. The van der Waals surface area contributed by atoms with Gasteiger partial charge in [0.1, 0.15) is 5.69 Å². The molecule has 0 saturated carbocycles. The first-order chi connectivity index (χ1) is 5.77. The molecule has 13 heavy (non-hydrogen) atoms. The Kier molecular flexibility index (Phi) is 2.48. The first-order valence-electron chi connectivity index (χ1n) is 3.36. The molecule has 1 amide bonds. The largest absolute Gasteiger partial charge is 0.364 e. The fraction of sp³-hybridized carbons (Fsp3) is 0. The molecule has 0 atom stereocenters. The number of halogens is 1. The maximum absolute atomic E-state index is 10.7. The predicted molar refractivity (Wildman–Crippen MR) is 48.8 cm³/mol. The summed E-state index contributed by atoms with van der Waals surface area (Å²) >= 11 is 0. The highest BCUT2D eigenvalue weighted by atomic mass is 35.5. The number of hydrogen-bond donors (Lipinski definition) is 1. The van der Waals surface area contributed by atoms with Crippen molar-refractivity contribution >= 4 is 24.0 Å². The number of rotatable bonds is 1. The van der Waals surface area contributed by atoms with E-state index in [1.807, 2.05) is 0 Å². The van der Waals surface area contributed by atoms with Crippen LogP contribution in [0.25, 0.3) is 5.65 Å². The number of primary amides is 1. The molecule has 0 spiro atoms. The number of aromatic nitrogens is 3. The molecular formula is C7H7ClN4O. The molecule has 0 aromatic carbocycles. The van der Waals surface area contributed by atoms with Crippen molar-refractivity contribution in [1.29, 1.82) is 0 Å². The third kappa shape index (κ3) is 1.59. The standard InChI is InChI=1S/C7H6N4O.ClH/c8-7(12)5-4-11-2-1-9-6(11)3-10-5;/h1-4H,(H2,8,12);1H. The Labute approximate surface area is 80.0 Å². The van der Waals surface area contributed by atoms with Gasteiger partial charge in [-0.3, -0.25) is 4.79 Å². The molecule has 0 aliphatic carbocycles. The fourth-order valence-electron chi connectivity index (χ4n) is 0.953. The van der Waals surface area contributed by atoms with Crippen LogP contribution in [0.15, 0.2) is 24.8 Å². The maximum Gasteiger partial charge on any atom is 0.268 e. The molecule has 6 heteroatoms. The number of carbonyl (C=O) groups is 1. The lowest BCUT2D eigenvalue weighted by molar-refractivity contribution is 0.0995. The van der Waals surface area contributed by atoms with Gasteiger partial charge in [-0.2, -0.15) is 0 Å². The summed E-state index contributed by atoms with van der Waals surface area (Å²) in [4.78, 5) is 18.5. The Morgan fingerprint density at radius 1 is 1.46 bits per heavy atom. The van der Waals surface area contributed by atoms with Crippen molar-refractivity contribution < 1.29 is 4.79 Å². The highest BCUT2D eigenvalue weighted by molar-refractivity contribution is 5.90. The lowest BCUT2D eigenvalue weighted by Crippen LogP contribution is -2.13. The van der Waals surface area contributed by atoms with Crippen molar-refractivity contribution in [2.24, 2.45) is 5.73 Å². The molecule has 2 aromatic rings. The molecule has 0 saturated heterocycles. The van der Waals surface area contributed by atoms with Crippen LogP contribution in [0, 0.1) is 0 Å². The van der Waals surface area contributed by atoms with Crippen LogP contribution in [0.4, 0.5) is 0 Å². The molecule has 0 bridgehead atoms. The van der Waals surface area contributed by atoms with Gasteiger partial charge in [-0.15, -0.1) is 12.4 Å². The second kappa shape index (κ2) is 3.40. The average Bonchev–Trinajstić information content (AvgIpc) is 2.49. The Hall–Kier alpha value is -1.62. The molecule has 2 heterocycles. The van der Waals surface area contributed by atoms with Gasteiger partial charge in [-0.25, -0.2) is 9.97 Å². The average molecular weight is 199 g/mol. The van der Waals surface area contributed by atoms with Crippen LogP contribution in [-0.2, 0) is 0 Å². The number of hydrogen-bond acceptors (Lipinski definition) is 3. The number of carbonyl (C=O) groups excluding carboxylic acids is 1. The first kappa shape index (κ1) is 9.47. The molecule has 0 aliphatic rings. The summed E-state index contributed by atoms with van der Waals surface area (Å²) in [7, 11) is 0. The summed E-state index contributed by atoms with van der Waals surface area (Å²) in [6.07, 6.45) is 6.40. The third-order valence-electron chi connectivity index (χ3n) is 1.53. The van der Waals surface area contributed by atoms with Gasteiger partial charge in [0.15, 0.2) is 5.65 Å². The lowest BCUT2D eigenvalue weighted by atomic mass is 10.4. The van der Waals surface area contributed by atoms with E-state index >= 15 is 0 Å². The van der Waals surface area contributed by atoms with Crippen molar-refractivity contribution in [2.75, 3.05) is 0 Å². The van der Waals surface area contributed by atoms with E-state index in [2.05, 4.69) is 9.97 Å². The van der Waals surface area contributed by atoms with Gasteiger partial charge in [0.2, 0.25) is 0 Å². The second-order valence-electron chi connectivity index (χ2n) is 2.33. The summed E-state index contributed by atoms with van der Waals surface area (Å²) in [6, 6.07) is 0. The smallest absolute Gasteiger partial charge is 0.268 e. The number of fused-ring (bicyclic) bond motifs is 1. The van der Waals surface area contributed by atoms with E-state index < -0.39 is 5.91 Å². The minimum Gasteiger partial charge on any atom is -0.364 e. The van der Waals surface area contributed by atoms with Gasteiger partial charge in [-0.05, 0) is 0 Å². The van der Waals surface area contributed by atoms with E-state index in [-0.39, 0.29) is 18.1 Å². The molecule has 68 valence electrons. The quantitative estimate of drug-likeness (QED) is 0.714. The zero-order valence-corrected chi connectivity index (χ0v) is 7.36. The topological polar surface area (TPSA) is 73.3 Å². The van der Waals surface area contributed by atoms with Gasteiger partial charge in [0.25, 0.3) is 5.91 Å². The van der Waals surface area contributed by atoms with Crippen LogP contribution in [0.5, 0.6) is 0 Å². The Morgan fingerprint density at radius 3 is 2.92 bits per heavy atom. The minimum absolute atomic E-state index is 0. The lowest BCUT2D eigenvalue weighted by Gasteiger charge is -1.95. The normalized spacial score (nSPS) is 9.54. The van der Waals surface area contributed by atoms with Gasteiger partial charge in [0.05, 0.1) is 6.20 Å². The Bertz CT molecular complexity index is 439. The van der Waals surface area contributed by atoms with E-state index in [1.54, 1.807) is 23.0 Å². The Balaban J connectivity index is 0.000000845. The van der Waals surface area contributed by atoms with Crippen LogP contribution in [-0.4, -0.2) is 20.3 Å². The molecule has 2 aromatic heterocycles. The van der Waals surface area contributed by atoms with Gasteiger partial charge >= 0.3 is 0 Å². The van der Waals surface area contributed by atoms with Gasteiger partial charge in [-0.1, -0.05) is 0 Å². The van der Waals surface area contributed by atoms with Crippen molar-refractivity contribution in [3.05, 3.63) is 30.5 Å². The monoisotopic (exact) mass is 198 g/mol. The third-order valence-corrected chi connectivity index (χ3v) is 1.53. The van der Waals surface area contributed by atoms with Crippen LogP contribution < -0.4 is 5.73 Å². The number of nitrogens with two attached hydrogens (primary N) is 1. The molecule has 0 unspecified atom stereocenters. The van der Waals surface area contributed by atoms with Crippen LogP contribution in [0.2, 0.25) is 0 Å². The molecule has 0 fully saturated rings. The fourth-order valence-corrected chi connectivity index (χ4v) is 0.953.